The van der Waals surface area contributed by atoms with Gasteiger partial charge in [-0.15, -0.1) is 0 Å². The number of carbonyl (C=O) groups excluding carboxylic acids is 1. The maximum atomic E-state index is 12.2. The lowest BCUT2D eigenvalue weighted by Gasteiger charge is -2.37. The van der Waals surface area contributed by atoms with Crippen LogP contribution in [0.25, 0.3) is 0 Å². The third-order valence-corrected chi connectivity index (χ3v) is 9.33. The fourth-order valence-electron chi connectivity index (χ4n) is 2.21. The molecule has 1 aromatic rings. The highest BCUT2D eigenvalue weighted by molar-refractivity contribution is 6.74. The molecule has 0 aliphatic carbocycles. The summed E-state index contributed by atoms with van der Waals surface area (Å²) < 4.78 is 17.6. The monoisotopic (exact) mass is 336 g/mol. The van der Waals surface area contributed by atoms with Crippen LogP contribution in [0.15, 0.2) is 30.3 Å². The molecule has 0 bridgehead atoms. The summed E-state index contributed by atoms with van der Waals surface area (Å²) in [6.07, 6.45) is 0.327. The first-order valence-electron chi connectivity index (χ1n) is 8.22. The highest BCUT2D eigenvalue weighted by Gasteiger charge is 2.40. The van der Waals surface area contributed by atoms with Gasteiger partial charge in [-0.3, -0.25) is 0 Å². The molecule has 23 heavy (non-hydrogen) atoms. The maximum absolute atomic E-state index is 12.2. The summed E-state index contributed by atoms with van der Waals surface area (Å²) in [5, 5.41) is 0.155. The molecule has 1 saturated heterocycles. The topological polar surface area (TPSA) is 44.8 Å². The third-order valence-electron chi connectivity index (χ3n) is 4.83. The second-order valence-corrected chi connectivity index (χ2v) is 12.4. The lowest BCUT2D eigenvalue weighted by atomic mass is 10.2. The zero-order chi connectivity index (χ0) is 17.1. The average molecular weight is 337 g/mol. The summed E-state index contributed by atoms with van der Waals surface area (Å²) in [5.41, 5.74) is 0.573. The zero-order valence-electron chi connectivity index (χ0n) is 14.8. The van der Waals surface area contributed by atoms with Gasteiger partial charge < -0.3 is 13.9 Å². The van der Waals surface area contributed by atoms with Crippen LogP contribution < -0.4 is 0 Å². The van der Waals surface area contributed by atoms with Gasteiger partial charge in [0.2, 0.25) is 0 Å². The van der Waals surface area contributed by atoms with E-state index in [4.69, 9.17) is 13.9 Å². The van der Waals surface area contributed by atoms with Crippen molar-refractivity contribution in [2.45, 2.75) is 57.5 Å². The number of esters is 1. The van der Waals surface area contributed by atoms with E-state index in [1.54, 1.807) is 12.1 Å². The summed E-state index contributed by atoms with van der Waals surface area (Å²) in [4.78, 5) is 12.2. The normalized spacial score (nSPS) is 22.1. The van der Waals surface area contributed by atoms with Crippen molar-refractivity contribution in [1.82, 2.24) is 0 Å². The standard InChI is InChI=1S/C18H28O4Si/c1-18(2,3)23(4,5)21-13-16-15(11-12-20-16)22-17(19)14-9-7-6-8-10-14/h6-10,15-16H,11-13H2,1-5H3/t15-,16-/m0/s1. The number of rotatable bonds is 5. The van der Waals surface area contributed by atoms with Crippen molar-refractivity contribution < 1.29 is 18.7 Å². The quantitative estimate of drug-likeness (QED) is 0.602. The van der Waals surface area contributed by atoms with Gasteiger partial charge >= 0.3 is 5.97 Å². The lowest BCUT2D eigenvalue weighted by Crippen LogP contribution is -2.44. The first-order chi connectivity index (χ1) is 10.7. The van der Waals surface area contributed by atoms with Crippen molar-refractivity contribution in [3.63, 3.8) is 0 Å². The molecule has 2 atom stereocenters. The fraction of sp³-hybridized carbons (Fsp3) is 0.611. The van der Waals surface area contributed by atoms with Crippen molar-refractivity contribution >= 4 is 14.3 Å². The van der Waals surface area contributed by atoms with E-state index in [0.29, 0.717) is 18.8 Å². The summed E-state index contributed by atoms with van der Waals surface area (Å²) in [6.45, 7) is 12.2. The van der Waals surface area contributed by atoms with Crippen LogP contribution in [0, 0.1) is 0 Å². The van der Waals surface area contributed by atoms with E-state index in [0.717, 1.165) is 6.42 Å². The summed E-state index contributed by atoms with van der Waals surface area (Å²) >= 11 is 0. The molecule has 0 aromatic heterocycles. The Balaban J connectivity index is 1.92. The minimum absolute atomic E-state index is 0.155. The predicted octanol–water partition coefficient (Wildman–Crippen LogP) is 4.02. The van der Waals surface area contributed by atoms with Crippen LogP contribution in [-0.2, 0) is 13.9 Å². The van der Waals surface area contributed by atoms with Gasteiger partial charge in [0.05, 0.1) is 18.8 Å². The number of ether oxygens (including phenoxy) is 2. The second kappa shape index (κ2) is 7.15. The van der Waals surface area contributed by atoms with Gasteiger partial charge in [-0.1, -0.05) is 39.0 Å². The number of carbonyl (C=O) groups is 1. The van der Waals surface area contributed by atoms with E-state index in [2.05, 4.69) is 33.9 Å². The largest absolute Gasteiger partial charge is 0.456 e. The molecule has 1 fully saturated rings. The van der Waals surface area contributed by atoms with Crippen molar-refractivity contribution in [2.24, 2.45) is 0 Å². The molecule has 1 heterocycles. The first-order valence-corrected chi connectivity index (χ1v) is 11.1. The Bertz CT molecular complexity index is 522. The van der Waals surface area contributed by atoms with Crippen LogP contribution in [0.2, 0.25) is 18.1 Å². The maximum Gasteiger partial charge on any atom is 0.338 e. The van der Waals surface area contributed by atoms with Crippen molar-refractivity contribution in [3.8, 4) is 0 Å². The molecule has 2 rings (SSSR count). The summed E-state index contributed by atoms with van der Waals surface area (Å²) in [5.74, 6) is -0.293. The van der Waals surface area contributed by atoms with Gasteiger partial charge in [-0.2, -0.15) is 0 Å². The summed E-state index contributed by atoms with van der Waals surface area (Å²) in [6, 6.07) is 9.07. The van der Waals surface area contributed by atoms with Crippen molar-refractivity contribution in [2.75, 3.05) is 13.2 Å². The Hall–Kier alpha value is -1.17. The molecule has 0 radical (unpaired) electrons. The number of hydrogen-bond acceptors (Lipinski definition) is 4. The fourth-order valence-corrected chi connectivity index (χ4v) is 3.22. The van der Waals surface area contributed by atoms with Crippen molar-refractivity contribution in [1.29, 1.82) is 0 Å². The van der Waals surface area contributed by atoms with Gasteiger partial charge in [-0.25, -0.2) is 4.79 Å². The van der Waals surface area contributed by atoms with E-state index >= 15 is 0 Å². The Kier molecular flexibility index (Phi) is 5.65. The summed E-state index contributed by atoms with van der Waals surface area (Å²) in [7, 11) is -1.83. The molecule has 1 aliphatic heterocycles. The Morgan fingerprint density at radius 1 is 1.26 bits per heavy atom. The molecule has 5 heteroatoms. The Morgan fingerprint density at radius 3 is 2.52 bits per heavy atom. The minimum Gasteiger partial charge on any atom is -0.456 e. The molecular weight excluding hydrogens is 308 g/mol. The number of hydrogen-bond donors (Lipinski definition) is 0. The van der Waals surface area contributed by atoms with Crippen LogP contribution in [0.4, 0.5) is 0 Å². The van der Waals surface area contributed by atoms with Gasteiger partial charge in [0.15, 0.2) is 8.32 Å². The van der Waals surface area contributed by atoms with Crippen LogP contribution in [0.3, 0.4) is 0 Å². The molecule has 128 valence electrons. The minimum atomic E-state index is -1.83. The average Bonchev–Trinajstić information content (AvgIpc) is 2.92. The highest BCUT2D eigenvalue weighted by atomic mass is 28.4. The Morgan fingerprint density at radius 2 is 1.91 bits per heavy atom. The predicted molar refractivity (Wildman–Crippen MR) is 93.2 cm³/mol. The molecule has 0 N–H and O–H groups in total. The third kappa shape index (κ3) is 4.65. The zero-order valence-corrected chi connectivity index (χ0v) is 15.8. The van der Waals surface area contributed by atoms with Crippen LogP contribution in [-0.4, -0.2) is 39.7 Å². The molecular formula is C18H28O4Si. The molecule has 4 nitrogen and oxygen atoms in total. The number of benzene rings is 1. The smallest absolute Gasteiger partial charge is 0.338 e. The highest BCUT2D eigenvalue weighted by Crippen LogP contribution is 2.37. The van der Waals surface area contributed by atoms with Gasteiger partial charge in [-0.05, 0) is 30.3 Å². The lowest BCUT2D eigenvalue weighted by molar-refractivity contribution is -0.0167. The van der Waals surface area contributed by atoms with Gasteiger partial charge in [0.25, 0.3) is 0 Å². The van der Waals surface area contributed by atoms with E-state index in [1.165, 1.54) is 0 Å². The first kappa shape index (κ1) is 18.2. The van der Waals surface area contributed by atoms with Crippen LogP contribution in [0.5, 0.6) is 0 Å². The van der Waals surface area contributed by atoms with E-state index in [9.17, 15) is 4.79 Å². The molecule has 1 aliphatic rings. The molecule has 0 spiro atoms. The molecule has 0 unspecified atom stereocenters. The second-order valence-electron chi connectivity index (χ2n) is 7.58. The van der Waals surface area contributed by atoms with Gasteiger partial charge in [0.1, 0.15) is 12.2 Å². The Labute approximate surface area is 140 Å². The van der Waals surface area contributed by atoms with E-state index < -0.39 is 8.32 Å². The molecule has 0 saturated carbocycles. The van der Waals surface area contributed by atoms with Crippen LogP contribution in [0.1, 0.15) is 37.6 Å². The van der Waals surface area contributed by atoms with E-state index in [1.807, 2.05) is 18.2 Å². The molecule has 1 aromatic carbocycles. The van der Waals surface area contributed by atoms with Crippen LogP contribution >= 0.6 is 0 Å². The van der Waals surface area contributed by atoms with Crippen molar-refractivity contribution in [3.05, 3.63) is 35.9 Å². The molecule has 0 amide bonds. The van der Waals surface area contributed by atoms with Gasteiger partial charge in [0, 0.05) is 6.42 Å². The SMILES string of the molecule is CC(C)(C)[Si](C)(C)OC[C@@H]1OCC[C@@H]1OC(=O)c1ccccc1. The van der Waals surface area contributed by atoms with E-state index in [-0.39, 0.29) is 23.2 Å².